The van der Waals surface area contributed by atoms with Crippen molar-refractivity contribution in [2.24, 2.45) is 0 Å². The molecule has 1 aromatic rings. The highest BCUT2D eigenvalue weighted by atomic mass is 79.9. The van der Waals surface area contributed by atoms with Crippen LogP contribution in [0, 0.1) is 5.13 Å². The Morgan fingerprint density at radius 1 is 1.54 bits per heavy atom. The van der Waals surface area contributed by atoms with Crippen molar-refractivity contribution >= 4 is 27.3 Å². The number of halogens is 2. The Kier molecular flexibility index (Phi) is 3.52. The van der Waals surface area contributed by atoms with Crippen LogP contribution in [0.2, 0.25) is 0 Å². The average Bonchev–Trinajstić information content (AvgIpc) is 2.30. The fraction of sp³-hybridized carbons (Fsp3) is 0.600. The smallest absolute Gasteiger partial charge is 0.177 e. The van der Waals surface area contributed by atoms with Gasteiger partial charge in [0.2, 0.25) is 0 Å². The van der Waals surface area contributed by atoms with Gasteiger partial charge in [-0.15, -0.1) is 0 Å². The van der Waals surface area contributed by atoms with Gasteiger partial charge in [0.15, 0.2) is 5.13 Å². The molecule has 0 unspecified atom stereocenters. The van der Waals surface area contributed by atoms with E-state index in [4.69, 9.17) is 0 Å². The standard InChI is InChI=1S/C10H14BrFS/c1-4-5-10(2,3)7-6-8(12)13-9(7)11/h6H,4-5H2,1-3H3. The van der Waals surface area contributed by atoms with Crippen LogP contribution < -0.4 is 0 Å². The normalized spacial score (nSPS) is 12.1. The molecule has 1 aromatic heterocycles. The van der Waals surface area contributed by atoms with Gasteiger partial charge in [0, 0.05) is 0 Å². The third-order valence-electron chi connectivity index (χ3n) is 2.26. The van der Waals surface area contributed by atoms with Crippen LogP contribution in [0.3, 0.4) is 0 Å². The van der Waals surface area contributed by atoms with Gasteiger partial charge in [-0.25, -0.2) is 0 Å². The van der Waals surface area contributed by atoms with Crippen LogP contribution in [0.15, 0.2) is 9.85 Å². The lowest BCUT2D eigenvalue weighted by Crippen LogP contribution is -2.15. The molecule has 3 heteroatoms. The second-order valence-electron chi connectivity index (χ2n) is 3.87. The van der Waals surface area contributed by atoms with E-state index >= 15 is 0 Å². The van der Waals surface area contributed by atoms with E-state index in [0.29, 0.717) is 0 Å². The van der Waals surface area contributed by atoms with Crippen LogP contribution in [0.1, 0.15) is 39.2 Å². The molecule has 0 saturated carbocycles. The Hall–Kier alpha value is 0.110. The van der Waals surface area contributed by atoms with Crippen LogP contribution in [0.4, 0.5) is 4.39 Å². The molecule has 0 aliphatic carbocycles. The van der Waals surface area contributed by atoms with E-state index in [1.54, 1.807) is 6.07 Å². The molecule has 13 heavy (non-hydrogen) atoms. The van der Waals surface area contributed by atoms with E-state index in [1.807, 2.05) is 0 Å². The summed E-state index contributed by atoms with van der Waals surface area (Å²) in [5.74, 6) is 0. The summed E-state index contributed by atoms with van der Waals surface area (Å²) in [5.41, 5.74) is 1.17. The van der Waals surface area contributed by atoms with Gasteiger partial charge in [0.05, 0.1) is 3.79 Å². The number of thiophene rings is 1. The van der Waals surface area contributed by atoms with Crippen LogP contribution in [-0.4, -0.2) is 0 Å². The summed E-state index contributed by atoms with van der Waals surface area (Å²) in [6, 6.07) is 1.64. The summed E-state index contributed by atoms with van der Waals surface area (Å²) in [6.45, 7) is 6.46. The van der Waals surface area contributed by atoms with Gasteiger partial charge >= 0.3 is 0 Å². The highest BCUT2D eigenvalue weighted by Gasteiger charge is 2.24. The van der Waals surface area contributed by atoms with E-state index < -0.39 is 0 Å². The van der Waals surface area contributed by atoms with Gasteiger partial charge in [-0.2, -0.15) is 4.39 Å². The van der Waals surface area contributed by atoms with Gasteiger partial charge in [0.25, 0.3) is 0 Å². The lowest BCUT2D eigenvalue weighted by molar-refractivity contribution is 0.471. The number of rotatable bonds is 3. The van der Waals surface area contributed by atoms with E-state index in [2.05, 4.69) is 36.7 Å². The average molecular weight is 265 g/mol. The van der Waals surface area contributed by atoms with Crippen LogP contribution in [-0.2, 0) is 5.41 Å². The lowest BCUT2D eigenvalue weighted by Gasteiger charge is -2.23. The second kappa shape index (κ2) is 4.09. The van der Waals surface area contributed by atoms with Crippen LogP contribution in [0.25, 0.3) is 0 Å². The minimum absolute atomic E-state index is 0.0778. The molecule has 0 aliphatic rings. The predicted molar refractivity (Wildman–Crippen MR) is 59.9 cm³/mol. The topological polar surface area (TPSA) is 0 Å². The first kappa shape index (κ1) is 11.2. The van der Waals surface area contributed by atoms with Gasteiger partial charge < -0.3 is 0 Å². The third-order valence-corrected chi connectivity index (χ3v) is 3.89. The van der Waals surface area contributed by atoms with Crippen molar-refractivity contribution in [3.05, 3.63) is 20.5 Å². The first-order valence-electron chi connectivity index (χ1n) is 4.42. The van der Waals surface area contributed by atoms with Gasteiger partial charge in [-0.3, -0.25) is 0 Å². The van der Waals surface area contributed by atoms with Crippen molar-refractivity contribution in [1.82, 2.24) is 0 Å². The van der Waals surface area contributed by atoms with Crippen molar-refractivity contribution < 1.29 is 4.39 Å². The Morgan fingerprint density at radius 3 is 2.54 bits per heavy atom. The molecule has 1 rings (SSSR count). The first-order valence-corrected chi connectivity index (χ1v) is 6.03. The van der Waals surface area contributed by atoms with E-state index in [-0.39, 0.29) is 10.5 Å². The van der Waals surface area contributed by atoms with Crippen LogP contribution in [0.5, 0.6) is 0 Å². The molecule has 0 radical (unpaired) electrons. The molecule has 0 saturated heterocycles. The Bertz CT molecular complexity index is 291. The first-order chi connectivity index (χ1) is 5.97. The van der Waals surface area contributed by atoms with Gasteiger partial charge in [-0.1, -0.05) is 38.5 Å². The van der Waals surface area contributed by atoms with Crippen molar-refractivity contribution in [2.45, 2.75) is 39.0 Å². The van der Waals surface area contributed by atoms with Crippen molar-refractivity contribution in [1.29, 1.82) is 0 Å². The molecular weight excluding hydrogens is 251 g/mol. The molecule has 0 spiro atoms. The van der Waals surface area contributed by atoms with Gasteiger partial charge in [0.1, 0.15) is 0 Å². The maximum Gasteiger partial charge on any atom is 0.177 e. The molecular formula is C10H14BrFS. The summed E-state index contributed by atoms with van der Waals surface area (Å²) < 4.78 is 13.9. The molecule has 0 nitrogen and oxygen atoms in total. The van der Waals surface area contributed by atoms with Gasteiger partial charge in [-0.05, 0) is 39.4 Å². The maximum absolute atomic E-state index is 12.9. The second-order valence-corrected chi connectivity index (χ2v) is 6.19. The Morgan fingerprint density at radius 2 is 2.15 bits per heavy atom. The fourth-order valence-corrected chi connectivity index (χ4v) is 3.47. The minimum atomic E-state index is -0.106. The Balaban J connectivity index is 2.98. The van der Waals surface area contributed by atoms with Crippen molar-refractivity contribution in [2.75, 3.05) is 0 Å². The zero-order valence-corrected chi connectivity index (χ0v) is 10.6. The Labute approximate surface area is 91.3 Å². The van der Waals surface area contributed by atoms with Crippen molar-refractivity contribution in [3.8, 4) is 0 Å². The highest BCUT2D eigenvalue weighted by molar-refractivity contribution is 9.11. The quantitative estimate of drug-likeness (QED) is 0.741. The molecule has 0 bridgehead atoms. The maximum atomic E-state index is 12.9. The number of hydrogen-bond acceptors (Lipinski definition) is 1. The summed E-state index contributed by atoms with van der Waals surface area (Å²) in [5, 5.41) is -0.106. The zero-order valence-electron chi connectivity index (χ0n) is 8.16. The monoisotopic (exact) mass is 264 g/mol. The van der Waals surface area contributed by atoms with E-state index in [0.717, 1.165) is 22.2 Å². The third kappa shape index (κ3) is 2.53. The molecule has 0 atom stereocenters. The summed E-state index contributed by atoms with van der Waals surface area (Å²) >= 11 is 4.57. The number of hydrogen-bond donors (Lipinski definition) is 0. The summed E-state index contributed by atoms with van der Waals surface area (Å²) in [4.78, 5) is 0. The molecule has 0 fully saturated rings. The van der Waals surface area contributed by atoms with Crippen LogP contribution >= 0.6 is 27.3 Å². The molecule has 0 aliphatic heterocycles. The zero-order chi connectivity index (χ0) is 10.1. The van der Waals surface area contributed by atoms with E-state index in [9.17, 15) is 4.39 Å². The highest BCUT2D eigenvalue weighted by Crippen LogP contribution is 2.38. The lowest BCUT2D eigenvalue weighted by atomic mass is 9.82. The predicted octanol–water partition coefficient (Wildman–Crippen LogP) is 4.73. The molecule has 1 heterocycles. The molecule has 0 aromatic carbocycles. The molecule has 74 valence electrons. The minimum Gasteiger partial charge on any atom is -0.195 e. The molecule has 0 amide bonds. The van der Waals surface area contributed by atoms with E-state index in [1.165, 1.54) is 11.3 Å². The summed E-state index contributed by atoms with van der Waals surface area (Å²) in [7, 11) is 0. The molecule has 0 N–H and O–H groups in total. The largest absolute Gasteiger partial charge is 0.195 e. The summed E-state index contributed by atoms with van der Waals surface area (Å²) in [6.07, 6.45) is 2.21. The SMILES string of the molecule is CCCC(C)(C)c1cc(F)sc1Br. The fourth-order valence-electron chi connectivity index (χ4n) is 1.56. The van der Waals surface area contributed by atoms with Crippen molar-refractivity contribution in [3.63, 3.8) is 0 Å².